The van der Waals surface area contributed by atoms with Crippen LogP contribution in [0, 0.1) is 0 Å². The molecule has 28 heavy (non-hydrogen) atoms. The van der Waals surface area contributed by atoms with Crippen LogP contribution >= 0.6 is 0 Å². The van der Waals surface area contributed by atoms with Crippen LogP contribution in [0.1, 0.15) is 36.8 Å². The number of Topliss-reactive ketones (excluding diaryl/α,β-unsaturated/α-hetero) is 3. The summed E-state index contributed by atoms with van der Waals surface area (Å²) in [6, 6.07) is 16.0. The molecule has 144 valence electrons. The van der Waals surface area contributed by atoms with Crippen molar-refractivity contribution in [3.63, 3.8) is 0 Å². The minimum absolute atomic E-state index is 0.0537. The van der Waals surface area contributed by atoms with Crippen LogP contribution in [-0.2, 0) is 19.1 Å². The van der Waals surface area contributed by atoms with Crippen LogP contribution in [0.2, 0.25) is 0 Å². The fourth-order valence-corrected chi connectivity index (χ4v) is 3.34. The van der Waals surface area contributed by atoms with Gasteiger partial charge < -0.3 is 10.1 Å². The molecule has 1 amide bonds. The van der Waals surface area contributed by atoms with E-state index in [-0.39, 0.29) is 37.7 Å². The lowest BCUT2D eigenvalue weighted by molar-refractivity contribution is -0.135. The average Bonchev–Trinajstić information content (AvgIpc) is 3.02. The van der Waals surface area contributed by atoms with Crippen molar-refractivity contribution >= 4 is 23.4 Å². The molecular weight excluding hydrogens is 358 g/mol. The van der Waals surface area contributed by atoms with Gasteiger partial charge in [-0.1, -0.05) is 48.5 Å². The zero-order chi connectivity index (χ0) is 20.1. The lowest BCUT2D eigenvalue weighted by Crippen LogP contribution is -2.31. The van der Waals surface area contributed by atoms with E-state index in [9.17, 15) is 19.2 Å². The molecule has 0 heterocycles. The molecule has 3 rings (SSSR count). The van der Waals surface area contributed by atoms with Crippen molar-refractivity contribution in [2.75, 3.05) is 13.2 Å². The lowest BCUT2D eigenvalue weighted by Gasteiger charge is -2.14. The second-order valence-corrected chi connectivity index (χ2v) is 6.70. The molecule has 0 bridgehead atoms. The molecule has 0 radical (unpaired) electrons. The molecular formula is C22H21NO5. The molecule has 0 aromatic heterocycles. The summed E-state index contributed by atoms with van der Waals surface area (Å²) >= 11 is 0. The van der Waals surface area contributed by atoms with Crippen molar-refractivity contribution in [3.8, 4) is 11.1 Å². The van der Waals surface area contributed by atoms with E-state index >= 15 is 0 Å². The molecule has 6 heteroatoms. The maximum absolute atomic E-state index is 12.0. The van der Waals surface area contributed by atoms with Crippen molar-refractivity contribution in [2.24, 2.45) is 0 Å². The molecule has 0 saturated carbocycles. The number of benzene rings is 2. The summed E-state index contributed by atoms with van der Waals surface area (Å²) in [6.45, 7) is 1.10. The third kappa shape index (κ3) is 4.34. The third-order valence-electron chi connectivity index (χ3n) is 4.80. The number of ketones is 3. The number of carbonyl (C=O) groups is 4. The van der Waals surface area contributed by atoms with E-state index in [0.29, 0.717) is 0 Å². The number of fused-ring (bicyclic) bond motifs is 3. The Bertz CT molecular complexity index is 889. The molecule has 2 aromatic carbocycles. The Hall–Kier alpha value is -3.28. The van der Waals surface area contributed by atoms with E-state index < -0.39 is 17.7 Å². The molecule has 1 aliphatic carbocycles. The summed E-state index contributed by atoms with van der Waals surface area (Å²) < 4.78 is 5.33. The molecule has 1 aliphatic rings. The van der Waals surface area contributed by atoms with Crippen LogP contribution in [0.25, 0.3) is 11.1 Å². The van der Waals surface area contributed by atoms with Gasteiger partial charge in [-0.2, -0.15) is 0 Å². The van der Waals surface area contributed by atoms with Gasteiger partial charge in [-0.25, -0.2) is 4.79 Å². The number of rotatable bonds is 8. The van der Waals surface area contributed by atoms with E-state index in [1.807, 2.05) is 36.4 Å². The van der Waals surface area contributed by atoms with Crippen molar-refractivity contribution in [3.05, 3.63) is 59.7 Å². The molecule has 0 unspecified atom stereocenters. The van der Waals surface area contributed by atoms with Crippen molar-refractivity contribution in [2.45, 2.75) is 25.7 Å². The van der Waals surface area contributed by atoms with E-state index in [1.54, 1.807) is 0 Å². The number of amides is 1. The number of carbonyl (C=O) groups excluding carboxylic acids is 4. The highest BCUT2D eigenvalue weighted by Crippen LogP contribution is 2.44. The first-order chi connectivity index (χ1) is 13.5. The maximum atomic E-state index is 12.0. The van der Waals surface area contributed by atoms with E-state index in [1.165, 1.54) is 6.92 Å². The summed E-state index contributed by atoms with van der Waals surface area (Å²) in [5.41, 5.74) is 4.49. The van der Waals surface area contributed by atoms with Gasteiger partial charge in [0, 0.05) is 25.7 Å². The first kappa shape index (κ1) is 19.5. The Morgan fingerprint density at radius 1 is 0.893 bits per heavy atom. The summed E-state index contributed by atoms with van der Waals surface area (Å²) in [4.78, 5) is 45.8. The van der Waals surface area contributed by atoms with Crippen molar-refractivity contribution in [1.82, 2.24) is 5.32 Å². The topological polar surface area (TPSA) is 89.5 Å². The number of hydrogen-bond acceptors (Lipinski definition) is 5. The Kier molecular flexibility index (Phi) is 5.99. The number of hydrogen-bond donors (Lipinski definition) is 1. The number of ether oxygens (including phenoxy) is 1. The minimum Gasteiger partial charge on any atom is -0.449 e. The zero-order valence-corrected chi connectivity index (χ0v) is 15.6. The predicted octanol–water partition coefficient (Wildman–Crippen LogP) is 3.03. The summed E-state index contributed by atoms with van der Waals surface area (Å²) in [5, 5.41) is 2.40. The second-order valence-electron chi connectivity index (χ2n) is 6.70. The van der Waals surface area contributed by atoms with Crippen LogP contribution in [0.3, 0.4) is 0 Å². The smallest absolute Gasteiger partial charge is 0.407 e. The Labute approximate surface area is 162 Å². The average molecular weight is 379 g/mol. The number of alkyl carbamates (subject to hydrolysis) is 1. The largest absolute Gasteiger partial charge is 0.449 e. The molecule has 0 fully saturated rings. The molecule has 2 aromatic rings. The van der Waals surface area contributed by atoms with Gasteiger partial charge in [-0.15, -0.1) is 0 Å². The van der Waals surface area contributed by atoms with Gasteiger partial charge in [0.15, 0.2) is 17.3 Å². The quantitative estimate of drug-likeness (QED) is 0.712. The monoisotopic (exact) mass is 379 g/mol. The van der Waals surface area contributed by atoms with Crippen molar-refractivity contribution in [1.29, 1.82) is 0 Å². The summed E-state index contributed by atoms with van der Waals surface area (Å²) in [6.07, 6.45) is -0.907. The number of nitrogens with one attached hydrogen (secondary N) is 1. The van der Waals surface area contributed by atoms with Gasteiger partial charge >= 0.3 is 6.09 Å². The Balaban J connectivity index is 1.52. The predicted molar refractivity (Wildman–Crippen MR) is 103 cm³/mol. The zero-order valence-electron chi connectivity index (χ0n) is 15.6. The van der Waals surface area contributed by atoms with Gasteiger partial charge in [0.2, 0.25) is 0 Å². The van der Waals surface area contributed by atoms with Crippen LogP contribution in [0.15, 0.2) is 48.5 Å². The molecule has 0 saturated heterocycles. The highest BCUT2D eigenvalue weighted by Gasteiger charge is 2.29. The van der Waals surface area contributed by atoms with Crippen molar-refractivity contribution < 1.29 is 23.9 Å². The first-order valence-electron chi connectivity index (χ1n) is 9.11. The molecule has 6 nitrogen and oxygen atoms in total. The molecule has 0 aliphatic heterocycles. The van der Waals surface area contributed by atoms with Crippen LogP contribution in [-0.4, -0.2) is 36.6 Å². The maximum Gasteiger partial charge on any atom is 0.407 e. The molecule has 1 N–H and O–H groups in total. The van der Waals surface area contributed by atoms with Crippen LogP contribution < -0.4 is 5.32 Å². The van der Waals surface area contributed by atoms with E-state index in [0.717, 1.165) is 22.3 Å². The normalized spacial score (nSPS) is 12.0. The first-order valence-corrected chi connectivity index (χ1v) is 9.11. The summed E-state index contributed by atoms with van der Waals surface area (Å²) in [7, 11) is 0. The van der Waals surface area contributed by atoms with E-state index in [4.69, 9.17) is 4.74 Å². The van der Waals surface area contributed by atoms with Gasteiger partial charge in [0.1, 0.15) is 6.61 Å². The van der Waals surface area contributed by atoms with Gasteiger partial charge in [-0.3, -0.25) is 14.4 Å². The SMILES string of the molecule is CC(=O)C(=O)CCC(=O)CNC(=O)OCC1c2ccccc2-c2ccccc21. The van der Waals surface area contributed by atoms with Crippen LogP contribution in [0.4, 0.5) is 4.79 Å². The van der Waals surface area contributed by atoms with Gasteiger partial charge in [0.25, 0.3) is 0 Å². The Morgan fingerprint density at radius 2 is 1.46 bits per heavy atom. The summed E-state index contributed by atoms with van der Waals surface area (Å²) in [5.74, 6) is -1.54. The fourth-order valence-electron chi connectivity index (χ4n) is 3.34. The fraction of sp³-hybridized carbons (Fsp3) is 0.273. The minimum atomic E-state index is -0.687. The highest BCUT2D eigenvalue weighted by atomic mass is 16.5. The second kappa shape index (κ2) is 8.61. The molecule has 0 spiro atoms. The van der Waals surface area contributed by atoms with Gasteiger partial charge in [-0.05, 0) is 22.3 Å². The van der Waals surface area contributed by atoms with E-state index in [2.05, 4.69) is 17.4 Å². The van der Waals surface area contributed by atoms with Gasteiger partial charge in [0.05, 0.1) is 6.54 Å². The van der Waals surface area contributed by atoms with Crippen LogP contribution in [0.5, 0.6) is 0 Å². The highest BCUT2D eigenvalue weighted by molar-refractivity contribution is 6.36. The molecule has 0 atom stereocenters. The lowest BCUT2D eigenvalue weighted by atomic mass is 9.98. The standard InChI is InChI=1S/C22H21NO5/c1-14(24)21(26)11-10-15(25)12-23-22(27)28-13-20-18-8-4-2-6-16(18)17-7-3-5-9-19(17)20/h2-9,20H,10-13H2,1H3,(H,23,27). The Morgan fingerprint density at radius 3 is 2.04 bits per heavy atom. The third-order valence-corrected chi connectivity index (χ3v) is 4.80.